The number of hydrogen-bond donors (Lipinski definition) is 0. The van der Waals surface area contributed by atoms with Crippen LogP contribution < -0.4 is 4.90 Å². The van der Waals surface area contributed by atoms with Crippen LogP contribution in [0.4, 0.5) is 5.82 Å². The molecule has 1 aromatic rings. The zero-order chi connectivity index (χ0) is 14.3. The number of morpholine rings is 1. The van der Waals surface area contributed by atoms with E-state index in [1.165, 1.54) is 0 Å². The topological polar surface area (TPSA) is 42.4 Å². The molecule has 0 radical (unpaired) electrons. The predicted molar refractivity (Wildman–Crippen MR) is 75.8 cm³/mol. The van der Waals surface area contributed by atoms with Crippen LogP contribution >= 0.6 is 0 Å². The van der Waals surface area contributed by atoms with Gasteiger partial charge in [0.05, 0.1) is 11.2 Å². The number of pyridine rings is 1. The van der Waals surface area contributed by atoms with Gasteiger partial charge in [0.25, 0.3) is 0 Å². The number of hydrogen-bond acceptors (Lipinski definition) is 4. The zero-order valence-corrected chi connectivity index (χ0v) is 12.4. The van der Waals surface area contributed by atoms with Crippen molar-refractivity contribution >= 4 is 12.1 Å². The molecule has 0 unspecified atom stereocenters. The van der Waals surface area contributed by atoms with Crippen LogP contribution in [0, 0.1) is 6.92 Å². The van der Waals surface area contributed by atoms with E-state index in [0.29, 0.717) is 5.56 Å². The Morgan fingerprint density at radius 2 is 1.84 bits per heavy atom. The van der Waals surface area contributed by atoms with E-state index < -0.39 is 0 Å². The first kappa shape index (κ1) is 14.0. The smallest absolute Gasteiger partial charge is 0.151 e. The third-order valence-electron chi connectivity index (χ3n) is 3.20. The number of nitrogens with zero attached hydrogens (tertiary/aromatic N) is 2. The molecule has 1 aromatic heterocycles. The number of ether oxygens (including phenoxy) is 1. The first-order chi connectivity index (χ1) is 8.72. The molecule has 4 heteroatoms. The van der Waals surface area contributed by atoms with Crippen LogP contribution in [0.3, 0.4) is 0 Å². The predicted octanol–water partition coefficient (Wildman–Crippen LogP) is 2.60. The molecular weight excluding hydrogens is 240 g/mol. The maximum Gasteiger partial charge on any atom is 0.151 e. The Balaban J connectivity index is 2.33. The molecule has 0 aliphatic carbocycles. The van der Waals surface area contributed by atoms with Crippen LogP contribution in [0.1, 0.15) is 43.6 Å². The standard InChI is InChI=1S/C15H22N2O2/c1-11-6-12(8-18)7-16-13(11)17-9-14(2,3)19-15(4,5)10-17/h6-8H,9-10H2,1-5H3. The lowest BCUT2D eigenvalue weighted by Crippen LogP contribution is -2.57. The van der Waals surface area contributed by atoms with Crippen molar-refractivity contribution < 1.29 is 9.53 Å². The summed E-state index contributed by atoms with van der Waals surface area (Å²) in [7, 11) is 0. The van der Waals surface area contributed by atoms with Crippen LogP contribution in [0.25, 0.3) is 0 Å². The van der Waals surface area contributed by atoms with E-state index in [1.807, 2.05) is 13.0 Å². The Morgan fingerprint density at radius 1 is 1.26 bits per heavy atom. The van der Waals surface area contributed by atoms with Crippen molar-refractivity contribution in [3.05, 3.63) is 23.4 Å². The Hall–Kier alpha value is -1.42. The molecule has 0 amide bonds. The monoisotopic (exact) mass is 262 g/mol. The summed E-state index contributed by atoms with van der Waals surface area (Å²) in [5.74, 6) is 0.940. The van der Waals surface area contributed by atoms with Crippen molar-refractivity contribution in [2.45, 2.75) is 45.8 Å². The number of aldehydes is 1. The summed E-state index contributed by atoms with van der Waals surface area (Å²) in [5, 5.41) is 0. The van der Waals surface area contributed by atoms with E-state index >= 15 is 0 Å². The minimum absolute atomic E-state index is 0.209. The molecule has 1 fully saturated rings. The van der Waals surface area contributed by atoms with E-state index in [1.54, 1.807) is 6.20 Å². The number of carbonyl (C=O) groups excluding carboxylic acids is 1. The van der Waals surface area contributed by atoms with Gasteiger partial charge in [-0.05, 0) is 46.2 Å². The minimum atomic E-state index is -0.209. The van der Waals surface area contributed by atoms with Gasteiger partial charge in [0, 0.05) is 24.8 Å². The van der Waals surface area contributed by atoms with Crippen molar-refractivity contribution in [3.63, 3.8) is 0 Å². The zero-order valence-electron chi connectivity index (χ0n) is 12.4. The van der Waals surface area contributed by atoms with Crippen molar-refractivity contribution in [3.8, 4) is 0 Å². The number of aromatic nitrogens is 1. The normalized spacial score (nSPS) is 21.2. The average molecular weight is 262 g/mol. The van der Waals surface area contributed by atoms with Crippen molar-refractivity contribution in [2.24, 2.45) is 0 Å². The van der Waals surface area contributed by atoms with Gasteiger partial charge in [-0.1, -0.05) is 0 Å². The van der Waals surface area contributed by atoms with Crippen LogP contribution in [-0.4, -0.2) is 35.6 Å². The highest BCUT2D eigenvalue weighted by molar-refractivity contribution is 5.75. The summed E-state index contributed by atoms with van der Waals surface area (Å²) in [6, 6.07) is 1.88. The Kier molecular flexibility index (Phi) is 3.39. The van der Waals surface area contributed by atoms with Crippen molar-refractivity contribution in [2.75, 3.05) is 18.0 Å². The van der Waals surface area contributed by atoms with Gasteiger partial charge >= 0.3 is 0 Å². The molecule has 1 saturated heterocycles. The fraction of sp³-hybridized carbons (Fsp3) is 0.600. The van der Waals surface area contributed by atoms with Crippen LogP contribution in [0.2, 0.25) is 0 Å². The summed E-state index contributed by atoms with van der Waals surface area (Å²) in [5.41, 5.74) is 1.23. The molecule has 0 bridgehead atoms. The van der Waals surface area contributed by atoms with Gasteiger partial charge in [-0.25, -0.2) is 4.98 Å². The maximum absolute atomic E-state index is 10.8. The summed E-state index contributed by atoms with van der Waals surface area (Å²) in [6.45, 7) is 12.0. The van der Waals surface area contributed by atoms with Crippen molar-refractivity contribution in [1.82, 2.24) is 4.98 Å². The fourth-order valence-electron chi connectivity index (χ4n) is 2.92. The number of aryl methyl sites for hydroxylation is 1. The highest BCUT2D eigenvalue weighted by Crippen LogP contribution is 2.31. The number of carbonyl (C=O) groups is 1. The van der Waals surface area contributed by atoms with Gasteiger partial charge in [0.1, 0.15) is 5.82 Å². The molecule has 2 rings (SSSR count). The molecule has 0 atom stereocenters. The van der Waals surface area contributed by atoms with E-state index in [4.69, 9.17) is 4.74 Å². The lowest BCUT2D eigenvalue weighted by molar-refractivity contribution is -0.133. The Labute approximate surface area is 114 Å². The lowest BCUT2D eigenvalue weighted by Gasteiger charge is -2.47. The second-order valence-corrected chi connectivity index (χ2v) is 6.50. The van der Waals surface area contributed by atoms with Gasteiger partial charge < -0.3 is 9.64 Å². The summed E-state index contributed by atoms with van der Waals surface area (Å²) >= 11 is 0. The van der Waals surface area contributed by atoms with E-state index in [0.717, 1.165) is 30.8 Å². The third-order valence-corrected chi connectivity index (χ3v) is 3.20. The molecular formula is C15H22N2O2. The fourth-order valence-corrected chi connectivity index (χ4v) is 2.92. The van der Waals surface area contributed by atoms with E-state index in [9.17, 15) is 4.79 Å². The summed E-state index contributed by atoms with van der Waals surface area (Å²) in [6.07, 6.45) is 2.46. The van der Waals surface area contributed by atoms with E-state index in [-0.39, 0.29) is 11.2 Å². The summed E-state index contributed by atoms with van der Waals surface area (Å²) < 4.78 is 6.07. The van der Waals surface area contributed by atoms with Gasteiger partial charge in [-0.2, -0.15) is 0 Å². The molecule has 19 heavy (non-hydrogen) atoms. The van der Waals surface area contributed by atoms with Gasteiger partial charge in [-0.15, -0.1) is 0 Å². The van der Waals surface area contributed by atoms with Crippen molar-refractivity contribution in [1.29, 1.82) is 0 Å². The highest BCUT2D eigenvalue weighted by Gasteiger charge is 2.38. The van der Waals surface area contributed by atoms with E-state index in [2.05, 4.69) is 37.6 Å². The summed E-state index contributed by atoms with van der Waals surface area (Å²) in [4.78, 5) is 17.5. The minimum Gasteiger partial charge on any atom is -0.366 e. The molecule has 1 aliphatic rings. The van der Waals surface area contributed by atoms with Crippen LogP contribution in [0.15, 0.2) is 12.3 Å². The first-order valence-corrected chi connectivity index (χ1v) is 6.59. The third kappa shape index (κ3) is 3.13. The molecule has 0 saturated carbocycles. The molecule has 104 valence electrons. The molecule has 4 nitrogen and oxygen atoms in total. The number of anilines is 1. The molecule has 2 heterocycles. The average Bonchev–Trinajstić information content (AvgIpc) is 2.24. The Morgan fingerprint density at radius 3 is 2.32 bits per heavy atom. The SMILES string of the molecule is Cc1cc(C=O)cnc1N1CC(C)(C)OC(C)(C)C1. The molecule has 0 N–H and O–H groups in total. The highest BCUT2D eigenvalue weighted by atomic mass is 16.5. The quantitative estimate of drug-likeness (QED) is 0.768. The van der Waals surface area contributed by atoms with Gasteiger partial charge in [0.2, 0.25) is 0 Å². The molecule has 0 spiro atoms. The van der Waals surface area contributed by atoms with Crippen LogP contribution in [0.5, 0.6) is 0 Å². The molecule has 1 aliphatic heterocycles. The first-order valence-electron chi connectivity index (χ1n) is 6.59. The second kappa shape index (κ2) is 4.60. The van der Waals surface area contributed by atoms with Gasteiger partial charge in [0.15, 0.2) is 6.29 Å². The second-order valence-electron chi connectivity index (χ2n) is 6.50. The Bertz CT molecular complexity index is 479. The number of rotatable bonds is 2. The van der Waals surface area contributed by atoms with Gasteiger partial charge in [-0.3, -0.25) is 4.79 Å². The lowest BCUT2D eigenvalue weighted by atomic mass is 9.98. The largest absolute Gasteiger partial charge is 0.366 e. The van der Waals surface area contributed by atoms with Crippen LogP contribution in [-0.2, 0) is 4.74 Å². The maximum atomic E-state index is 10.8. The molecule has 0 aromatic carbocycles.